The average molecular weight is 455 g/mol. The van der Waals surface area contributed by atoms with E-state index in [0.29, 0.717) is 10.8 Å². The highest BCUT2D eigenvalue weighted by atomic mass is 16.4. The molecule has 0 heterocycles. The van der Waals surface area contributed by atoms with Gasteiger partial charge in [-0.15, -0.1) is 0 Å². The van der Waals surface area contributed by atoms with Crippen molar-refractivity contribution < 1.29 is 9.90 Å². The van der Waals surface area contributed by atoms with Crippen LogP contribution in [0.1, 0.15) is 120 Å². The summed E-state index contributed by atoms with van der Waals surface area (Å²) in [7, 11) is 0. The lowest BCUT2D eigenvalue weighted by Gasteiger charge is -2.71. The summed E-state index contributed by atoms with van der Waals surface area (Å²) >= 11 is 0. The molecule has 33 heavy (non-hydrogen) atoms. The Bertz CT molecular complexity index is 881. The lowest BCUT2D eigenvalue weighted by atomic mass is 9.33. The summed E-state index contributed by atoms with van der Waals surface area (Å²) < 4.78 is 0. The van der Waals surface area contributed by atoms with E-state index in [0.717, 1.165) is 49.9 Å². The van der Waals surface area contributed by atoms with Gasteiger partial charge in [0.15, 0.2) is 0 Å². The molecule has 2 heteroatoms. The van der Waals surface area contributed by atoms with Gasteiger partial charge in [-0.2, -0.15) is 0 Å². The molecule has 0 radical (unpaired) electrons. The molecule has 8 atom stereocenters. The number of carboxylic acid groups (broad SMARTS) is 1. The maximum atomic E-state index is 12.8. The maximum Gasteiger partial charge on any atom is 0.310 e. The number of aliphatic carboxylic acids is 1. The fourth-order valence-electron chi connectivity index (χ4n) is 10.8. The fourth-order valence-corrected chi connectivity index (χ4v) is 10.8. The van der Waals surface area contributed by atoms with Crippen molar-refractivity contribution in [1.29, 1.82) is 0 Å². The zero-order valence-corrected chi connectivity index (χ0v) is 22.8. The number of hydrogen-bond donors (Lipinski definition) is 1. The van der Waals surface area contributed by atoms with E-state index >= 15 is 0 Å². The first-order valence-corrected chi connectivity index (χ1v) is 14.1. The second-order valence-corrected chi connectivity index (χ2v) is 15.4. The van der Waals surface area contributed by atoms with Crippen molar-refractivity contribution in [3.63, 3.8) is 0 Å². The molecule has 0 aromatic carbocycles. The van der Waals surface area contributed by atoms with Gasteiger partial charge in [-0.3, -0.25) is 4.79 Å². The molecule has 5 rings (SSSR count). The van der Waals surface area contributed by atoms with E-state index < -0.39 is 11.4 Å². The van der Waals surface area contributed by atoms with E-state index in [-0.39, 0.29) is 22.2 Å². The summed E-state index contributed by atoms with van der Waals surface area (Å²) in [4.78, 5) is 12.8. The van der Waals surface area contributed by atoms with E-state index in [9.17, 15) is 9.90 Å². The molecule has 0 spiro atoms. The Hall–Kier alpha value is -0.790. The second-order valence-electron chi connectivity index (χ2n) is 15.4. The zero-order valence-electron chi connectivity index (χ0n) is 22.8. The van der Waals surface area contributed by atoms with E-state index in [1.165, 1.54) is 32.1 Å². The molecule has 0 aliphatic heterocycles. The predicted octanol–water partition coefficient (Wildman–Crippen LogP) is 8.51. The van der Waals surface area contributed by atoms with Gasteiger partial charge in [0, 0.05) is 0 Å². The molecule has 4 fully saturated rings. The number of carboxylic acids is 1. The van der Waals surface area contributed by atoms with Crippen molar-refractivity contribution in [2.45, 2.75) is 120 Å². The SMILES string of the molecule is C[C@H]1CC[C@]2(C)[C@H]3CC=C4C5CC(C)(C)CCC5(C(=O)O)CC[C@@]4(C)[C@]3(C)CC[C@H]2C1(C)C. The molecular formula is C31H50O2. The van der Waals surface area contributed by atoms with E-state index in [2.05, 4.69) is 61.5 Å². The smallest absolute Gasteiger partial charge is 0.310 e. The Kier molecular flexibility index (Phi) is 5.01. The highest BCUT2D eigenvalue weighted by molar-refractivity contribution is 5.76. The van der Waals surface area contributed by atoms with Gasteiger partial charge in [0.05, 0.1) is 5.41 Å². The van der Waals surface area contributed by atoms with Crippen LogP contribution >= 0.6 is 0 Å². The Labute approximate surface area is 203 Å². The number of fused-ring (bicyclic) bond motifs is 7. The van der Waals surface area contributed by atoms with Crippen LogP contribution in [0.25, 0.3) is 0 Å². The molecule has 5 aliphatic rings. The lowest BCUT2D eigenvalue weighted by Crippen LogP contribution is -2.64. The van der Waals surface area contributed by atoms with Gasteiger partial charge in [-0.1, -0.05) is 67.0 Å². The minimum Gasteiger partial charge on any atom is -0.481 e. The van der Waals surface area contributed by atoms with Gasteiger partial charge in [0.25, 0.3) is 0 Å². The van der Waals surface area contributed by atoms with Crippen molar-refractivity contribution >= 4 is 5.97 Å². The van der Waals surface area contributed by atoms with Crippen LogP contribution in [0.5, 0.6) is 0 Å². The minimum atomic E-state index is -0.520. The van der Waals surface area contributed by atoms with Crippen LogP contribution in [-0.4, -0.2) is 11.1 Å². The third-order valence-electron chi connectivity index (χ3n) is 13.6. The van der Waals surface area contributed by atoms with Crippen molar-refractivity contribution in [2.75, 3.05) is 0 Å². The molecule has 0 saturated heterocycles. The van der Waals surface area contributed by atoms with Crippen LogP contribution in [0.15, 0.2) is 11.6 Å². The molecule has 2 nitrogen and oxygen atoms in total. The Morgan fingerprint density at radius 3 is 2.21 bits per heavy atom. The molecule has 0 aromatic rings. The first kappa shape index (κ1) is 23.9. The predicted molar refractivity (Wildman–Crippen MR) is 136 cm³/mol. The Morgan fingerprint density at radius 1 is 0.879 bits per heavy atom. The monoisotopic (exact) mass is 454 g/mol. The third kappa shape index (κ3) is 2.88. The van der Waals surface area contributed by atoms with E-state index in [1.807, 2.05) is 0 Å². The molecule has 0 bridgehead atoms. The highest BCUT2D eigenvalue weighted by Gasteiger charge is 2.68. The largest absolute Gasteiger partial charge is 0.481 e. The number of carbonyl (C=O) groups is 1. The van der Waals surface area contributed by atoms with Crippen molar-refractivity contribution in [3.8, 4) is 0 Å². The molecule has 0 amide bonds. The van der Waals surface area contributed by atoms with Gasteiger partial charge < -0.3 is 5.11 Å². The molecule has 5 aliphatic carbocycles. The van der Waals surface area contributed by atoms with Crippen molar-refractivity contribution in [2.24, 2.45) is 56.2 Å². The van der Waals surface area contributed by atoms with Gasteiger partial charge in [0.2, 0.25) is 0 Å². The van der Waals surface area contributed by atoms with Crippen LogP contribution in [0.2, 0.25) is 0 Å². The van der Waals surface area contributed by atoms with Crippen molar-refractivity contribution in [3.05, 3.63) is 11.6 Å². The summed E-state index contributed by atoms with van der Waals surface area (Å²) in [5, 5.41) is 10.5. The van der Waals surface area contributed by atoms with Crippen LogP contribution in [0, 0.1) is 56.2 Å². The summed E-state index contributed by atoms with van der Waals surface area (Å²) in [5.74, 6) is 2.04. The third-order valence-corrected chi connectivity index (χ3v) is 13.6. The molecule has 186 valence electrons. The van der Waals surface area contributed by atoms with E-state index in [4.69, 9.17) is 0 Å². The van der Waals surface area contributed by atoms with Crippen LogP contribution in [0.4, 0.5) is 0 Å². The summed E-state index contributed by atoms with van der Waals surface area (Å²) in [6.07, 6.45) is 14.1. The van der Waals surface area contributed by atoms with Crippen LogP contribution in [0.3, 0.4) is 0 Å². The lowest BCUT2D eigenvalue weighted by molar-refractivity contribution is -0.195. The summed E-state index contributed by atoms with van der Waals surface area (Å²) in [6.45, 7) is 20.2. The fraction of sp³-hybridized carbons (Fsp3) is 0.903. The molecule has 2 unspecified atom stereocenters. The van der Waals surface area contributed by atoms with E-state index in [1.54, 1.807) is 5.57 Å². The van der Waals surface area contributed by atoms with Gasteiger partial charge >= 0.3 is 5.97 Å². The maximum absolute atomic E-state index is 12.8. The number of rotatable bonds is 1. The molecule has 1 N–H and O–H groups in total. The normalized spacial score (nSPS) is 52.4. The standard InChI is InChI=1S/C31H50O2/c1-20-11-13-28(6)23(27(20,4)5)12-14-30(8)24(28)10-9-21-22-19-26(2,3)15-17-31(22,25(32)33)18-16-29(21,30)7/h9,20,22-24H,10-19H2,1-8H3,(H,32,33)/t20-,22?,23-,24+,28-,29+,30+,31?/m0/s1. The Balaban J connectivity index is 1.60. The van der Waals surface area contributed by atoms with Gasteiger partial charge in [0.1, 0.15) is 0 Å². The molecule has 0 aromatic heterocycles. The minimum absolute atomic E-state index is 0.147. The highest BCUT2D eigenvalue weighted by Crippen LogP contribution is 2.76. The Morgan fingerprint density at radius 2 is 1.55 bits per heavy atom. The number of hydrogen-bond acceptors (Lipinski definition) is 1. The molecular weight excluding hydrogens is 404 g/mol. The second kappa shape index (κ2) is 6.91. The quantitative estimate of drug-likeness (QED) is 0.403. The van der Waals surface area contributed by atoms with Crippen LogP contribution < -0.4 is 0 Å². The van der Waals surface area contributed by atoms with Crippen LogP contribution in [-0.2, 0) is 4.79 Å². The summed E-state index contributed by atoms with van der Waals surface area (Å²) in [5.41, 5.74) is 2.53. The summed E-state index contributed by atoms with van der Waals surface area (Å²) in [6, 6.07) is 0. The topological polar surface area (TPSA) is 37.3 Å². The first-order valence-electron chi connectivity index (χ1n) is 14.1. The van der Waals surface area contributed by atoms with Gasteiger partial charge in [-0.05, 0) is 115 Å². The first-order chi connectivity index (χ1) is 15.1. The van der Waals surface area contributed by atoms with Crippen molar-refractivity contribution in [1.82, 2.24) is 0 Å². The zero-order chi connectivity index (χ0) is 24.2. The molecule has 4 saturated carbocycles. The average Bonchev–Trinajstić information content (AvgIpc) is 2.71. The number of allylic oxidation sites excluding steroid dienone is 2. The van der Waals surface area contributed by atoms with Gasteiger partial charge in [-0.25, -0.2) is 0 Å².